The predicted molar refractivity (Wildman–Crippen MR) is 87.8 cm³/mol. The van der Waals surface area contributed by atoms with E-state index in [1.165, 1.54) is 25.3 Å². The number of nitro groups is 1. The van der Waals surface area contributed by atoms with Crippen LogP contribution >= 0.6 is 0 Å². The second kappa shape index (κ2) is 7.26. The summed E-state index contributed by atoms with van der Waals surface area (Å²) in [5.41, 5.74) is 0.944. The van der Waals surface area contributed by atoms with Gasteiger partial charge in [-0.25, -0.2) is 0 Å². The molecule has 0 bridgehead atoms. The Balaban J connectivity index is 2.12. The number of rotatable bonds is 6. The number of non-ortho nitro benzene ring substituents is 1. The van der Waals surface area contributed by atoms with Gasteiger partial charge in [0.1, 0.15) is 11.8 Å². The fraction of sp³-hybridized carbons (Fsp3) is 0.188. The van der Waals surface area contributed by atoms with Crippen molar-refractivity contribution < 1.29 is 14.5 Å². The highest BCUT2D eigenvalue weighted by Gasteiger charge is 2.17. The van der Waals surface area contributed by atoms with Gasteiger partial charge in [-0.3, -0.25) is 14.9 Å². The topological polar surface area (TPSA) is 93.5 Å². The van der Waals surface area contributed by atoms with Crippen molar-refractivity contribution in [1.82, 2.24) is 0 Å². The molecule has 0 aliphatic carbocycles. The van der Waals surface area contributed by atoms with E-state index in [-0.39, 0.29) is 17.3 Å². The summed E-state index contributed by atoms with van der Waals surface area (Å²) in [6, 6.07) is 12.8. The van der Waals surface area contributed by atoms with Gasteiger partial charge in [-0.2, -0.15) is 0 Å². The van der Waals surface area contributed by atoms with Crippen molar-refractivity contribution in [3.05, 3.63) is 58.6 Å². The number of para-hydroxylation sites is 1. The summed E-state index contributed by atoms with van der Waals surface area (Å²) < 4.78 is 5.12. The van der Waals surface area contributed by atoms with Gasteiger partial charge in [0.2, 0.25) is 5.91 Å². The SMILES string of the molecule is COc1ccc([N+](=O)[O-])cc1NC(=O)C(C)Nc1ccccc1. The van der Waals surface area contributed by atoms with E-state index in [0.29, 0.717) is 5.75 Å². The lowest BCUT2D eigenvalue weighted by molar-refractivity contribution is -0.384. The third kappa shape index (κ3) is 4.19. The average molecular weight is 315 g/mol. The summed E-state index contributed by atoms with van der Waals surface area (Å²) in [5, 5.41) is 16.5. The highest BCUT2D eigenvalue weighted by molar-refractivity contribution is 5.97. The molecule has 1 amide bonds. The summed E-state index contributed by atoms with van der Waals surface area (Å²) in [7, 11) is 1.43. The first-order valence-corrected chi connectivity index (χ1v) is 6.96. The van der Waals surface area contributed by atoms with Crippen LogP contribution in [-0.2, 0) is 4.79 Å². The minimum atomic E-state index is -0.527. The van der Waals surface area contributed by atoms with Gasteiger partial charge >= 0.3 is 0 Å². The Morgan fingerprint density at radius 2 is 1.91 bits per heavy atom. The predicted octanol–water partition coefficient (Wildman–Crippen LogP) is 3.04. The van der Waals surface area contributed by atoms with Crippen LogP contribution in [0.2, 0.25) is 0 Å². The Bertz CT molecular complexity index is 704. The van der Waals surface area contributed by atoms with E-state index in [1.54, 1.807) is 6.92 Å². The molecule has 120 valence electrons. The number of hydrogen-bond acceptors (Lipinski definition) is 5. The van der Waals surface area contributed by atoms with Crippen LogP contribution in [0.15, 0.2) is 48.5 Å². The van der Waals surface area contributed by atoms with Crippen LogP contribution < -0.4 is 15.4 Å². The summed E-state index contributed by atoms with van der Waals surface area (Å²) in [4.78, 5) is 22.6. The lowest BCUT2D eigenvalue weighted by Crippen LogP contribution is -2.32. The van der Waals surface area contributed by atoms with E-state index >= 15 is 0 Å². The molecule has 0 aliphatic heterocycles. The van der Waals surface area contributed by atoms with Crippen LogP contribution in [0.4, 0.5) is 17.1 Å². The highest BCUT2D eigenvalue weighted by Crippen LogP contribution is 2.29. The van der Waals surface area contributed by atoms with Gasteiger partial charge in [-0.05, 0) is 25.1 Å². The van der Waals surface area contributed by atoms with Crippen molar-refractivity contribution in [3.8, 4) is 5.75 Å². The highest BCUT2D eigenvalue weighted by atomic mass is 16.6. The van der Waals surface area contributed by atoms with E-state index in [9.17, 15) is 14.9 Å². The molecule has 2 aromatic carbocycles. The zero-order valence-corrected chi connectivity index (χ0v) is 12.8. The van der Waals surface area contributed by atoms with Gasteiger partial charge in [0, 0.05) is 17.8 Å². The van der Waals surface area contributed by atoms with Crippen molar-refractivity contribution in [2.45, 2.75) is 13.0 Å². The monoisotopic (exact) mass is 315 g/mol. The van der Waals surface area contributed by atoms with Gasteiger partial charge in [0.15, 0.2) is 0 Å². The summed E-state index contributed by atoms with van der Waals surface area (Å²) in [6.45, 7) is 1.70. The molecule has 0 saturated heterocycles. The van der Waals surface area contributed by atoms with Gasteiger partial charge < -0.3 is 15.4 Å². The van der Waals surface area contributed by atoms with Gasteiger partial charge in [0.05, 0.1) is 17.7 Å². The molecular weight excluding hydrogens is 298 g/mol. The minimum absolute atomic E-state index is 0.121. The molecule has 0 spiro atoms. The molecule has 7 nitrogen and oxygen atoms in total. The maximum atomic E-state index is 12.3. The Labute approximate surface area is 133 Å². The number of nitrogens with one attached hydrogen (secondary N) is 2. The molecule has 7 heteroatoms. The number of carbonyl (C=O) groups excluding carboxylic acids is 1. The number of ether oxygens (including phenoxy) is 1. The molecule has 0 radical (unpaired) electrons. The third-order valence-corrected chi connectivity index (χ3v) is 3.20. The fourth-order valence-electron chi connectivity index (χ4n) is 2.00. The van der Waals surface area contributed by atoms with E-state index in [4.69, 9.17) is 4.74 Å². The van der Waals surface area contributed by atoms with Crippen LogP contribution in [0.25, 0.3) is 0 Å². The van der Waals surface area contributed by atoms with Gasteiger partial charge in [-0.15, -0.1) is 0 Å². The quantitative estimate of drug-likeness (QED) is 0.631. The van der Waals surface area contributed by atoms with Crippen molar-refractivity contribution in [2.75, 3.05) is 17.7 Å². The maximum Gasteiger partial charge on any atom is 0.271 e. The van der Waals surface area contributed by atoms with Crippen LogP contribution in [0, 0.1) is 10.1 Å². The number of nitrogens with zero attached hydrogens (tertiary/aromatic N) is 1. The number of nitro benzene ring substituents is 1. The first-order chi connectivity index (χ1) is 11.0. The number of amides is 1. The molecule has 1 unspecified atom stereocenters. The van der Waals surface area contributed by atoms with Crippen LogP contribution in [-0.4, -0.2) is 24.0 Å². The first kappa shape index (κ1) is 16.3. The zero-order chi connectivity index (χ0) is 16.8. The van der Waals surface area contributed by atoms with Crippen LogP contribution in [0.1, 0.15) is 6.92 Å². The molecule has 0 saturated carbocycles. The molecule has 2 aromatic rings. The normalized spacial score (nSPS) is 11.4. The number of anilines is 2. The van der Waals surface area contributed by atoms with Crippen molar-refractivity contribution in [2.24, 2.45) is 0 Å². The van der Waals surface area contributed by atoms with E-state index in [2.05, 4.69) is 10.6 Å². The smallest absolute Gasteiger partial charge is 0.271 e. The number of methoxy groups -OCH3 is 1. The Morgan fingerprint density at radius 1 is 1.22 bits per heavy atom. The molecule has 1 atom stereocenters. The van der Waals surface area contributed by atoms with Crippen LogP contribution in [0.5, 0.6) is 5.75 Å². The van der Waals surface area contributed by atoms with Gasteiger partial charge in [-0.1, -0.05) is 18.2 Å². The van der Waals surface area contributed by atoms with E-state index in [0.717, 1.165) is 5.69 Å². The lowest BCUT2D eigenvalue weighted by atomic mass is 10.2. The number of hydrogen-bond donors (Lipinski definition) is 2. The number of benzene rings is 2. The average Bonchev–Trinajstić information content (AvgIpc) is 2.55. The second-order valence-electron chi connectivity index (χ2n) is 4.86. The molecule has 0 aliphatic rings. The van der Waals surface area contributed by atoms with Crippen molar-refractivity contribution >= 4 is 23.0 Å². The molecule has 0 aromatic heterocycles. The molecule has 2 N–H and O–H groups in total. The molecule has 0 fully saturated rings. The second-order valence-corrected chi connectivity index (χ2v) is 4.86. The lowest BCUT2D eigenvalue weighted by Gasteiger charge is -2.16. The van der Waals surface area contributed by atoms with E-state index < -0.39 is 11.0 Å². The first-order valence-electron chi connectivity index (χ1n) is 6.96. The molecule has 23 heavy (non-hydrogen) atoms. The Kier molecular flexibility index (Phi) is 5.14. The van der Waals surface area contributed by atoms with Crippen molar-refractivity contribution in [1.29, 1.82) is 0 Å². The Morgan fingerprint density at radius 3 is 2.52 bits per heavy atom. The molecule has 0 heterocycles. The summed E-state index contributed by atoms with van der Waals surface area (Å²) in [6.07, 6.45) is 0. The molecule has 2 rings (SSSR count). The van der Waals surface area contributed by atoms with Gasteiger partial charge in [0.25, 0.3) is 5.69 Å². The van der Waals surface area contributed by atoms with Crippen molar-refractivity contribution in [3.63, 3.8) is 0 Å². The Hall–Kier alpha value is -3.09. The van der Waals surface area contributed by atoms with Crippen LogP contribution in [0.3, 0.4) is 0 Å². The summed E-state index contributed by atoms with van der Waals surface area (Å²) >= 11 is 0. The largest absolute Gasteiger partial charge is 0.495 e. The molecular formula is C16H17N3O4. The zero-order valence-electron chi connectivity index (χ0n) is 12.8. The fourth-order valence-corrected chi connectivity index (χ4v) is 2.00. The summed E-state index contributed by atoms with van der Waals surface area (Å²) in [5.74, 6) is 0.0310. The minimum Gasteiger partial charge on any atom is -0.495 e. The number of carbonyl (C=O) groups is 1. The van der Waals surface area contributed by atoms with E-state index in [1.807, 2.05) is 30.3 Å². The third-order valence-electron chi connectivity index (χ3n) is 3.20. The standard InChI is InChI=1S/C16H17N3O4/c1-11(17-12-6-4-3-5-7-12)16(20)18-14-10-13(19(21)22)8-9-15(14)23-2/h3-11,17H,1-2H3,(H,18,20). The maximum absolute atomic E-state index is 12.3.